The van der Waals surface area contributed by atoms with Gasteiger partial charge < -0.3 is 9.84 Å². The molecule has 1 heterocycles. The molecular weight excluding hydrogens is 196 g/mol. The second-order valence-corrected chi connectivity index (χ2v) is 4.06. The van der Waals surface area contributed by atoms with Gasteiger partial charge in [0.1, 0.15) is 5.51 Å². The van der Waals surface area contributed by atoms with Crippen LogP contribution in [0, 0.1) is 0 Å². The van der Waals surface area contributed by atoms with E-state index in [1.54, 1.807) is 17.3 Å². The van der Waals surface area contributed by atoms with E-state index < -0.39 is 0 Å². The molecule has 1 aromatic rings. The van der Waals surface area contributed by atoms with Crippen LogP contribution in [-0.4, -0.2) is 40.9 Å². The maximum Gasteiger partial charge on any atom is 0.174 e. The van der Waals surface area contributed by atoms with E-state index in [1.165, 1.54) is 11.3 Å². The number of thioether (sulfide) groups is 1. The fourth-order valence-electron chi connectivity index (χ4n) is 0.580. The highest BCUT2D eigenvalue weighted by Gasteiger charge is 1.96. The summed E-state index contributed by atoms with van der Waals surface area (Å²) in [4.78, 5) is 0. The first kappa shape index (κ1) is 9.91. The molecule has 4 nitrogen and oxygen atoms in total. The highest BCUT2D eigenvalue weighted by atomic mass is 32.2. The van der Waals surface area contributed by atoms with Gasteiger partial charge in [0.2, 0.25) is 0 Å². The lowest BCUT2D eigenvalue weighted by Crippen LogP contribution is -2.02. The summed E-state index contributed by atoms with van der Waals surface area (Å²) in [5, 5.41) is 16.0. The molecule has 0 aliphatic carbocycles. The quantitative estimate of drug-likeness (QED) is 0.547. The third-order valence-electron chi connectivity index (χ3n) is 1.03. The van der Waals surface area contributed by atoms with Gasteiger partial charge in [-0.2, -0.15) is 0 Å². The first-order chi connectivity index (χ1) is 5.93. The Labute approximate surface area is 79.0 Å². The first-order valence-electron chi connectivity index (χ1n) is 3.51. The molecule has 0 spiro atoms. The van der Waals surface area contributed by atoms with Crippen LogP contribution in [0.1, 0.15) is 0 Å². The lowest BCUT2D eigenvalue weighted by Gasteiger charge is -1.98. The zero-order valence-corrected chi connectivity index (χ0v) is 8.11. The fourth-order valence-corrected chi connectivity index (χ4v) is 1.99. The monoisotopic (exact) mass is 206 g/mol. The molecule has 1 rings (SSSR count). The van der Waals surface area contributed by atoms with Crippen LogP contribution in [0.2, 0.25) is 0 Å². The van der Waals surface area contributed by atoms with E-state index in [4.69, 9.17) is 9.84 Å². The number of hydrogen-bond acceptors (Lipinski definition) is 6. The minimum Gasteiger partial charge on any atom is -0.394 e. The normalized spacial score (nSPS) is 10.4. The number of nitrogens with zero attached hydrogens (tertiary/aromatic N) is 2. The van der Waals surface area contributed by atoms with Crippen LogP contribution in [0.5, 0.6) is 0 Å². The van der Waals surface area contributed by atoms with Gasteiger partial charge in [0.25, 0.3) is 0 Å². The van der Waals surface area contributed by atoms with Crippen LogP contribution in [0.3, 0.4) is 0 Å². The van der Waals surface area contributed by atoms with Gasteiger partial charge in [-0.25, -0.2) is 0 Å². The first-order valence-corrected chi connectivity index (χ1v) is 5.37. The van der Waals surface area contributed by atoms with E-state index in [9.17, 15) is 0 Å². The predicted octanol–water partition coefficient (Wildman–Crippen LogP) is 0.639. The van der Waals surface area contributed by atoms with Gasteiger partial charge in [-0.15, -0.1) is 10.2 Å². The van der Waals surface area contributed by atoms with Gasteiger partial charge in [0, 0.05) is 5.75 Å². The van der Waals surface area contributed by atoms with Gasteiger partial charge in [-0.3, -0.25) is 0 Å². The zero-order chi connectivity index (χ0) is 8.65. The minimum atomic E-state index is 0.0868. The van der Waals surface area contributed by atoms with Gasteiger partial charge in [-0.05, 0) is 0 Å². The molecule has 0 bridgehead atoms. The van der Waals surface area contributed by atoms with Crippen molar-refractivity contribution in [1.82, 2.24) is 10.2 Å². The summed E-state index contributed by atoms with van der Waals surface area (Å²) in [6.45, 7) is 1.14. The fraction of sp³-hybridized carbons (Fsp3) is 0.667. The molecule has 0 saturated carbocycles. The van der Waals surface area contributed by atoms with Crippen molar-refractivity contribution in [1.29, 1.82) is 0 Å². The van der Waals surface area contributed by atoms with E-state index in [1.807, 2.05) is 0 Å². The number of aliphatic hydroxyl groups is 1. The van der Waals surface area contributed by atoms with E-state index in [0.717, 1.165) is 10.1 Å². The molecule has 0 aliphatic heterocycles. The molecule has 1 N–H and O–H groups in total. The zero-order valence-electron chi connectivity index (χ0n) is 6.47. The van der Waals surface area contributed by atoms with E-state index in [0.29, 0.717) is 13.2 Å². The lowest BCUT2D eigenvalue weighted by atomic mass is 10.7. The Bertz CT molecular complexity index is 193. The van der Waals surface area contributed by atoms with Gasteiger partial charge in [-0.1, -0.05) is 23.1 Å². The molecule has 0 fully saturated rings. The van der Waals surface area contributed by atoms with Crippen molar-refractivity contribution in [3.8, 4) is 0 Å². The largest absolute Gasteiger partial charge is 0.394 e. The topological polar surface area (TPSA) is 55.2 Å². The van der Waals surface area contributed by atoms with Crippen molar-refractivity contribution in [3.05, 3.63) is 5.51 Å². The average molecular weight is 206 g/mol. The van der Waals surface area contributed by atoms with Gasteiger partial charge in [0.05, 0.1) is 19.8 Å². The van der Waals surface area contributed by atoms with Crippen molar-refractivity contribution < 1.29 is 9.84 Å². The van der Waals surface area contributed by atoms with Crippen LogP contribution in [0.4, 0.5) is 0 Å². The molecule has 0 aliphatic rings. The summed E-state index contributed by atoms with van der Waals surface area (Å²) < 4.78 is 6.03. The molecule has 68 valence electrons. The Kier molecular flexibility index (Phi) is 5.25. The SMILES string of the molecule is OCCOCCSc1nncs1. The van der Waals surface area contributed by atoms with Crippen molar-refractivity contribution in [3.63, 3.8) is 0 Å². The molecule has 6 heteroatoms. The number of aromatic nitrogens is 2. The summed E-state index contributed by atoms with van der Waals surface area (Å²) in [5.41, 5.74) is 1.71. The molecule has 0 amide bonds. The Morgan fingerprint density at radius 2 is 2.50 bits per heavy atom. The highest BCUT2D eigenvalue weighted by Crippen LogP contribution is 2.17. The summed E-state index contributed by atoms with van der Waals surface area (Å²) in [7, 11) is 0. The summed E-state index contributed by atoms with van der Waals surface area (Å²) >= 11 is 3.14. The molecule has 1 aromatic heterocycles. The molecule has 0 unspecified atom stereocenters. The van der Waals surface area contributed by atoms with E-state index in [-0.39, 0.29) is 6.61 Å². The molecule has 0 radical (unpaired) electrons. The molecule has 12 heavy (non-hydrogen) atoms. The molecule has 0 atom stereocenters. The smallest absolute Gasteiger partial charge is 0.174 e. The minimum absolute atomic E-state index is 0.0868. The molecular formula is C6H10N2O2S2. The Balaban J connectivity index is 1.96. The number of ether oxygens (including phenoxy) is 1. The van der Waals surface area contributed by atoms with E-state index in [2.05, 4.69) is 10.2 Å². The molecule has 0 saturated heterocycles. The number of hydrogen-bond donors (Lipinski definition) is 1. The van der Waals surface area contributed by atoms with Crippen molar-refractivity contribution >= 4 is 23.1 Å². The summed E-state index contributed by atoms with van der Waals surface area (Å²) in [5.74, 6) is 0.856. The van der Waals surface area contributed by atoms with Gasteiger partial charge in [0.15, 0.2) is 4.34 Å². The van der Waals surface area contributed by atoms with Crippen LogP contribution in [-0.2, 0) is 4.74 Å². The number of rotatable bonds is 6. The molecule has 0 aromatic carbocycles. The Morgan fingerprint density at radius 3 is 3.17 bits per heavy atom. The van der Waals surface area contributed by atoms with Crippen molar-refractivity contribution in [2.24, 2.45) is 0 Å². The third kappa shape index (κ3) is 4.01. The van der Waals surface area contributed by atoms with Crippen molar-refractivity contribution in [2.75, 3.05) is 25.6 Å². The maximum atomic E-state index is 8.40. The lowest BCUT2D eigenvalue weighted by molar-refractivity contribution is 0.103. The van der Waals surface area contributed by atoms with Crippen LogP contribution < -0.4 is 0 Å². The van der Waals surface area contributed by atoms with E-state index >= 15 is 0 Å². The summed E-state index contributed by atoms with van der Waals surface area (Å²) in [6, 6.07) is 0. The van der Waals surface area contributed by atoms with Crippen LogP contribution in [0.25, 0.3) is 0 Å². The second kappa shape index (κ2) is 6.36. The average Bonchev–Trinajstić information content (AvgIpc) is 2.57. The Morgan fingerprint density at radius 1 is 1.58 bits per heavy atom. The summed E-state index contributed by atoms with van der Waals surface area (Å²) in [6.07, 6.45) is 0. The Hall–Kier alpha value is -0.170. The standard InChI is InChI=1S/C6H10N2O2S2/c9-1-2-10-3-4-11-6-8-7-5-12-6/h5,9H,1-4H2. The highest BCUT2D eigenvalue weighted by molar-refractivity contribution is 8.01. The van der Waals surface area contributed by atoms with Gasteiger partial charge >= 0.3 is 0 Å². The maximum absolute atomic E-state index is 8.40. The van der Waals surface area contributed by atoms with Crippen molar-refractivity contribution in [2.45, 2.75) is 4.34 Å². The second-order valence-electron chi connectivity index (χ2n) is 1.89. The number of aliphatic hydroxyl groups excluding tert-OH is 1. The third-order valence-corrected chi connectivity index (χ3v) is 2.85. The predicted molar refractivity (Wildman–Crippen MR) is 48.5 cm³/mol. The van der Waals surface area contributed by atoms with Crippen LogP contribution >= 0.6 is 23.1 Å². The van der Waals surface area contributed by atoms with Crippen LogP contribution in [0.15, 0.2) is 9.85 Å².